The van der Waals surface area contributed by atoms with Gasteiger partial charge in [-0.15, -0.1) is 0 Å². The number of rotatable bonds is 5. The smallest absolute Gasteiger partial charge is 0.256 e. The lowest BCUT2D eigenvalue weighted by Crippen LogP contribution is -2.30. The van der Waals surface area contributed by atoms with E-state index in [1.54, 1.807) is 26.4 Å². The Labute approximate surface area is 177 Å². The highest BCUT2D eigenvalue weighted by atomic mass is 16.5. The molecule has 1 atom stereocenters. The van der Waals surface area contributed by atoms with Crippen molar-refractivity contribution in [3.63, 3.8) is 0 Å². The normalized spacial score (nSPS) is 17.9. The largest absolute Gasteiger partial charge is 0.493 e. The third kappa shape index (κ3) is 3.86. The first kappa shape index (κ1) is 20.3. The maximum absolute atomic E-state index is 13.3. The van der Waals surface area contributed by atoms with Crippen LogP contribution in [0.25, 0.3) is 0 Å². The number of benzene rings is 2. The molecule has 6 nitrogen and oxygen atoms in total. The molecule has 1 heterocycles. The monoisotopic (exact) mass is 408 g/mol. The van der Waals surface area contributed by atoms with Gasteiger partial charge in [0, 0.05) is 19.2 Å². The molecule has 2 aliphatic rings. The molecule has 158 valence electrons. The predicted molar refractivity (Wildman–Crippen MR) is 115 cm³/mol. The molecule has 0 saturated carbocycles. The number of nitrogens with one attached hydrogen (secondary N) is 1. The fourth-order valence-electron chi connectivity index (χ4n) is 4.50. The number of methoxy groups -OCH3 is 2. The Morgan fingerprint density at radius 3 is 2.43 bits per heavy atom. The molecule has 0 spiro atoms. The van der Waals surface area contributed by atoms with Crippen molar-refractivity contribution in [3.8, 4) is 11.5 Å². The molecule has 6 heteroatoms. The highest BCUT2D eigenvalue weighted by molar-refractivity contribution is 6.06. The number of fused-ring (bicyclic) bond motifs is 1. The number of amides is 2. The van der Waals surface area contributed by atoms with Gasteiger partial charge in [-0.05, 0) is 49.3 Å². The molecule has 30 heavy (non-hydrogen) atoms. The van der Waals surface area contributed by atoms with Crippen LogP contribution in [0.2, 0.25) is 0 Å². The van der Waals surface area contributed by atoms with Gasteiger partial charge < -0.3 is 19.7 Å². The maximum Gasteiger partial charge on any atom is 0.256 e. The average Bonchev–Trinajstić information content (AvgIpc) is 3.32. The molecule has 1 saturated heterocycles. The number of ether oxygens (including phenoxy) is 2. The third-order valence-electron chi connectivity index (χ3n) is 6.09. The van der Waals surface area contributed by atoms with Crippen LogP contribution in [0, 0.1) is 0 Å². The second-order valence-corrected chi connectivity index (χ2v) is 7.88. The van der Waals surface area contributed by atoms with E-state index >= 15 is 0 Å². The summed E-state index contributed by atoms with van der Waals surface area (Å²) in [6.45, 7) is 1.47. The first-order chi connectivity index (χ1) is 14.6. The van der Waals surface area contributed by atoms with E-state index in [0.29, 0.717) is 22.7 Å². The molecule has 2 aromatic carbocycles. The van der Waals surface area contributed by atoms with Gasteiger partial charge >= 0.3 is 0 Å². The lowest BCUT2D eigenvalue weighted by atomic mass is 9.82. The van der Waals surface area contributed by atoms with Gasteiger partial charge in [0.15, 0.2) is 11.5 Å². The Morgan fingerprint density at radius 2 is 1.70 bits per heavy atom. The summed E-state index contributed by atoms with van der Waals surface area (Å²) in [5.74, 6) is 0.547. The molecule has 2 aromatic rings. The Kier molecular flexibility index (Phi) is 5.93. The topological polar surface area (TPSA) is 67.9 Å². The summed E-state index contributed by atoms with van der Waals surface area (Å²) in [7, 11) is 3.09. The first-order valence-corrected chi connectivity index (χ1v) is 10.6. The second-order valence-electron chi connectivity index (χ2n) is 7.88. The molecule has 1 aliphatic heterocycles. The van der Waals surface area contributed by atoms with Gasteiger partial charge in [0.25, 0.3) is 5.91 Å². The van der Waals surface area contributed by atoms with E-state index < -0.39 is 0 Å². The zero-order valence-corrected chi connectivity index (χ0v) is 17.6. The molecule has 1 fully saturated rings. The number of aryl methyl sites for hydroxylation is 1. The number of nitrogens with zero attached hydrogens (tertiary/aromatic N) is 1. The molecule has 2 amide bonds. The number of hydrogen-bond donors (Lipinski definition) is 1. The predicted octanol–water partition coefficient (Wildman–Crippen LogP) is 4.00. The van der Waals surface area contributed by atoms with Crippen LogP contribution in [0.4, 0.5) is 5.69 Å². The lowest BCUT2D eigenvalue weighted by molar-refractivity contribution is -0.117. The van der Waals surface area contributed by atoms with Crippen LogP contribution in [0.3, 0.4) is 0 Å². The van der Waals surface area contributed by atoms with Gasteiger partial charge in [-0.25, -0.2) is 0 Å². The standard InChI is InChI=1S/C24H28N2O4/c1-29-21-14-19(24(28)26-12-5-6-13-26)20(15-22(21)30-2)25-23(27)18-11-7-9-16-8-3-4-10-17(16)18/h3-4,8,10,14-15,18H,5-7,9,11-13H2,1-2H3,(H,25,27). The number of anilines is 1. The Hall–Kier alpha value is -3.02. The summed E-state index contributed by atoms with van der Waals surface area (Å²) in [4.78, 5) is 28.3. The highest BCUT2D eigenvalue weighted by Crippen LogP contribution is 2.37. The van der Waals surface area contributed by atoms with E-state index in [1.807, 2.05) is 23.1 Å². The van der Waals surface area contributed by atoms with Gasteiger partial charge in [-0.1, -0.05) is 24.3 Å². The van der Waals surface area contributed by atoms with Crippen molar-refractivity contribution < 1.29 is 19.1 Å². The van der Waals surface area contributed by atoms with E-state index in [9.17, 15) is 9.59 Å². The zero-order chi connectivity index (χ0) is 21.1. The van der Waals surface area contributed by atoms with Crippen LogP contribution in [-0.2, 0) is 11.2 Å². The van der Waals surface area contributed by atoms with Crippen LogP contribution in [0.15, 0.2) is 36.4 Å². The van der Waals surface area contributed by atoms with Crippen LogP contribution >= 0.6 is 0 Å². The third-order valence-corrected chi connectivity index (χ3v) is 6.09. The van der Waals surface area contributed by atoms with Gasteiger partial charge in [-0.2, -0.15) is 0 Å². The van der Waals surface area contributed by atoms with Crippen molar-refractivity contribution in [2.45, 2.75) is 38.0 Å². The van der Waals surface area contributed by atoms with Crippen molar-refractivity contribution in [2.24, 2.45) is 0 Å². The lowest BCUT2D eigenvalue weighted by Gasteiger charge is -2.26. The van der Waals surface area contributed by atoms with Gasteiger partial charge in [0.1, 0.15) is 0 Å². The maximum atomic E-state index is 13.3. The molecule has 0 aromatic heterocycles. The molecular weight excluding hydrogens is 380 g/mol. The highest BCUT2D eigenvalue weighted by Gasteiger charge is 2.29. The molecule has 1 unspecified atom stereocenters. The molecule has 4 rings (SSSR count). The van der Waals surface area contributed by atoms with Crippen molar-refractivity contribution >= 4 is 17.5 Å². The minimum Gasteiger partial charge on any atom is -0.493 e. The van der Waals surface area contributed by atoms with Gasteiger partial charge in [0.05, 0.1) is 31.4 Å². The molecule has 1 aliphatic carbocycles. The summed E-state index contributed by atoms with van der Waals surface area (Å²) in [5, 5.41) is 3.03. The van der Waals surface area contributed by atoms with Crippen molar-refractivity contribution in [1.82, 2.24) is 4.90 Å². The zero-order valence-electron chi connectivity index (χ0n) is 17.6. The molecule has 1 N–H and O–H groups in total. The minimum absolute atomic E-state index is 0.0900. The summed E-state index contributed by atoms with van der Waals surface area (Å²) in [5.41, 5.74) is 3.21. The fraction of sp³-hybridized carbons (Fsp3) is 0.417. The van der Waals surface area contributed by atoms with E-state index in [1.165, 1.54) is 5.56 Å². The van der Waals surface area contributed by atoms with Crippen molar-refractivity contribution in [2.75, 3.05) is 32.6 Å². The SMILES string of the molecule is COc1cc(NC(=O)C2CCCc3ccccc32)c(C(=O)N2CCCC2)cc1OC. The summed E-state index contributed by atoms with van der Waals surface area (Å²) in [6.07, 6.45) is 4.76. The van der Waals surface area contributed by atoms with Gasteiger partial charge in [0.2, 0.25) is 5.91 Å². The summed E-state index contributed by atoms with van der Waals surface area (Å²) in [6, 6.07) is 11.5. The van der Waals surface area contributed by atoms with Gasteiger partial charge in [-0.3, -0.25) is 9.59 Å². The number of hydrogen-bond acceptors (Lipinski definition) is 4. The number of carbonyl (C=O) groups excluding carboxylic acids is 2. The number of likely N-dealkylation sites (tertiary alicyclic amines) is 1. The molecule has 0 radical (unpaired) electrons. The average molecular weight is 408 g/mol. The first-order valence-electron chi connectivity index (χ1n) is 10.6. The molecular formula is C24H28N2O4. The van der Waals surface area contributed by atoms with E-state index in [-0.39, 0.29) is 17.7 Å². The van der Waals surface area contributed by atoms with E-state index in [0.717, 1.165) is 50.8 Å². The summed E-state index contributed by atoms with van der Waals surface area (Å²) < 4.78 is 10.8. The van der Waals surface area contributed by atoms with Crippen LogP contribution in [0.1, 0.15) is 53.1 Å². The Morgan fingerprint density at radius 1 is 1.00 bits per heavy atom. The second kappa shape index (κ2) is 8.78. The van der Waals surface area contributed by atoms with E-state index in [2.05, 4.69) is 11.4 Å². The quantitative estimate of drug-likeness (QED) is 0.812. The van der Waals surface area contributed by atoms with Crippen molar-refractivity contribution in [1.29, 1.82) is 0 Å². The minimum atomic E-state index is -0.224. The van der Waals surface area contributed by atoms with Crippen LogP contribution in [0.5, 0.6) is 11.5 Å². The Balaban J connectivity index is 1.67. The number of carbonyl (C=O) groups is 2. The fourth-order valence-corrected chi connectivity index (χ4v) is 4.50. The van der Waals surface area contributed by atoms with Crippen LogP contribution in [-0.4, -0.2) is 44.0 Å². The summed E-state index contributed by atoms with van der Waals surface area (Å²) >= 11 is 0. The van der Waals surface area contributed by atoms with Crippen LogP contribution < -0.4 is 14.8 Å². The van der Waals surface area contributed by atoms with E-state index in [4.69, 9.17) is 9.47 Å². The molecule has 0 bridgehead atoms. The Bertz CT molecular complexity index is 950. The van der Waals surface area contributed by atoms with Crippen molar-refractivity contribution in [3.05, 3.63) is 53.1 Å².